The second-order valence-electron chi connectivity index (χ2n) is 9.15. The van der Waals surface area contributed by atoms with Gasteiger partial charge in [-0.25, -0.2) is 4.39 Å². The number of halogens is 1. The summed E-state index contributed by atoms with van der Waals surface area (Å²) in [5.41, 5.74) is 0.132. The van der Waals surface area contributed by atoms with Crippen molar-refractivity contribution in [1.29, 1.82) is 0 Å². The third kappa shape index (κ3) is 5.40. The van der Waals surface area contributed by atoms with E-state index in [1.165, 1.54) is 6.07 Å². The van der Waals surface area contributed by atoms with Crippen LogP contribution < -0.4 is 9.64 Å². The number of amides is 1. The van der Waals surface area contributed by atoms with Crippen molar-refractivity contribution >= 4 is 11.9 Å². The van der Waals surface area contributed by atoms with E-state index >= 15 is 0 Å². The van der Waals surface area contributed by atoms with E-state index in [1.54, 1.807) is 17.0 Å². The molecule has 2 fully saturated rings. The molecule has 0 unspecified atom stereocenters. The van der Waals surface area contributed by atoms with Gasteiger partial charge in [0.05, 0.1) is 12.2 Å². The highest BCUT2D eigenvalue weighted by molar-refractivity contribution is 5.94. The van der Waals surface area contributed by atoms with E-state index in [9.17, 15) is 9.18 Å². The van der Waals surface area contributed by atoms with Crippen molar-refractivity contribution in [2.24, 2.45) is 5.92 Å². The van der Waals surface area contributed by atoms with E-state index in [4.69, 9.17) is 9.26 Å². The van der Waals surface area contributed by atoms with E-state index in [0.29, 0.717) is 37.4 Å². The Morgan fingerprint density at radius 3 is 2.62 bits per heavy atom. The molecule has 2 saturated heterocycles. The molecule has 1 aromatic carbocycles. The Balaban J connectivity index is 1.17. The van der Waals surface area contributed by atoms with Gasteiger partial charge in [0.2, 0.25) is 0 Å². The Morgan fingerprint density at radius 1 is 1.22 bits per heavy atom. The number of piperidine rings is 1. The maximum Gasteiger partial charge on any atom is 0.324 e. The second kappa shape index (κ2) is 10.3. The van der Waals surface area contributed by atoms with E-state index in [2.05, 4.69) is 28.9 Å². The lowest BCUT2D eigenvalue weighted by molar-refractivity contribution is 0.0788. The summed E-state index contributed by atoms with van der Waals surface area (Å²) in [4.78, 5) is 20.8. The monoisotopic (exact) mass is 444 g/mol. The molecule has 2 aliphatic rings. The van der Waals surface area contributed by atoms with Crippen molar-refractivity contribution in [3.8, 4) is 5.75 Å². The summed E-state index contributed by atoms with van der Waals surface area (Å²) in [7, 11) is 0. The number of nitrogens with zero attached hydrogens (tertiary/aromatic N) is 4. The lowest BCUT2D eigenvalue weighted by atomic mass is 9.92. The standard InChI is InChI=1S/C24H33FN4O3/c1-17(2)22-26-24(32-27-22)29-13-9-18(10-14-29)6-5-15-31-19-7-8-20(21(25)16-19)23(30)28-11-3-4-12-28/h7-8,16-18H,3-6,9-15H2,1-2H3. The Labute approximate surface area is 188 Å². The normalized spacial score (nSPS) is 17.4. The summed E-state index contributed by atoms with van der Waals surface area (Å²) in [6.07, 6.45) is 6.14. The third-order valence-corrected chi connectivity index (χ3v) is 6.42. The molecule has 2 aromatic rings. The van der Waals surface area contributed by atoms with Crippen molar-refractivity contribution in [2.75, 3.05) is 37.7 Å². The third-order valence-electron chi connectivity index (χ3n) is 6.42. The first-order valence-electron chi connectivity index (χ1n) is 11.8. The van der Waals surface area contributed by atoms with Crippen molar-refractivity contribution in [3.05, 3.63) is 35.4 Å². The summed E-state index contributed by atoms with van der Waals surface area (Å²) in [6, 6.07) is 5.20. The molecule has 2 aliphatic heterocycles. The number of ether oxygens (including phenoxy) is 1. The topological polar surface area (TPSA) is 71.7 Å². The number of benzene rings is 1. The van der Waals surface area contributed by atoms with Gasteiger partial charge in [-0.1, -0.05) is 19.0 Å². The summed E-state index contributed by atoms with van der Waals surface area (Å²) >= 11 is 0. The molecule has 0 radical (unpaired) electrons. The molecule has 0 saturated carbocycles. The van der Waals surface area contributed by atoms with E-state index < -0.39 is 5.82 Å². The second-order valence-corrected chi connectivity index (χ2v) is 9.15. The zero-order valence-electron chi connectivity index (χ0n) is 19.1. The van der Waals surface area contributed by atoms with Crippen LogP contribution in [-0.2, 0) is 0 Å². The minimum atomic E-state index is -0.506. The first-order valence-corrected chi connectivity index (χ1v) is 11.8. The quantitative estimate of drug-likeness (QED) is 0.552. The summed E-state index contributed by atoms with van der Waals surface area (Å²) in [5, 5.41) is 4.05. The fourth-order valence-corrected chi connectivity index (χ4v) is 4.41. The maximum absolute atomic E-state index is 14.4. The molecule has 8 heteroatoms. The predicted molar refractivity (Wildman–Crippen MR) is 120 cm³/mol. The highest BCUT2D eigenvalue weighted by Crippen LogP contribution is 2.26. The van der Waals surface area contributed by atoms with Crippen LogP contribution in [0, 0.1) is 11.7 Å². The Hall–Kier alpha value is -2.64. The first kappa shape index (κ1) is 22.6. The lowest BCUT2D eigenvalue weighted by Crippen LogP contribution is -2.34. The van der Waals surface area contributed by atoms with Crippen LogP contribution >= 0.6 is 0 Å². The van der Waals surface area contributed by atoms with Gasteiger partial charge in [0.15, 0.2) is 5.82 Å². The van der Waals surface area contributed by atoms with Gasteiger partial charge in [-0.3, -0.25) is 4.79 Å². The SMILES string of the molecule is CC(C)c1noc(N2CCC(CCCOc3ccc(C(=O)N4CCCC4)c(F)c3)CC2)n1. The van der Waals surface area contributed by atoms with Crippen molar-refractivity contribution in [1.82, 2.24) is 15.0 Å². The van der Waals surface area contributed by atoms with Crippen molar-refractivity contribution < 1.29 is 18.4 Å². The van der Waals surface area contributed by atoms with Crippen LogP contribution in [-0.4, -0.2) is 53.7 Å². The Morgan fingerprint density at radius 2 is 1.97 bits per heavy atom. The molecule has 1 aromatic heterocycles. The maximum atomic E-state index is 14.4. The van der Waals surface area contributed by atoms with Gasteiger partial charge in [-0.15, -0.1) is 0 Å². The smallest absolute Gasteiger partial charge is 0.324 e. The van der Waals surface area contributed by atoms with Crippen LogP contribution in [0.2, 0.25) is 0 Å². The molecule has 0 spiro atoms. The Bertz CT molecular complexity index is 902. The van der Waals surface area contributed by atoms with Gasteiger partial charge >= 0.3 is 6.01 Å². The summed E-state index contributed by atoms with van der Waals surface area (Å²) in [6.45, 7) is 7.92. The lowest BCUT2D eigenvalue weighted by Gasteiger charge is -2.30. The fourth-order valence-electron chi connectivity index (χ4n) is 4.41. The molecule has 7 nitrogen and oxygen atoms in total. The van der Waals surface area contributed by atoms with Crippen LogP contribution in [0.25, 0.3) is 0 Å². The molecule has 3 heterocycles. The summed E-state index contributed by atoms with van der Waals surface area (Å²) in [5.74, 6) is 1.41. The molecule has 4 rings (SSSR count). The van der Waals surface area contributed by atoms with Gasteiger partial charge in [0.1, 0.15) is 11.6 Å². The number of hydrogen-bond donors (Lipinski definition) is 0. The summed E-state index contributed by atoms with van der Waals surface area (Å²) < 4.78 is 25.6. The fraction of sp³-hybridized carbons (Fsp3) is 0.625. The van der Waals surface area contributed by atoms with Gasteiger partial charge in [0, 0.05) is 38.2 Å². The molecule has 0 atom stereocenters. The molecular formula is C24H33FN4O3. The molecule has 1 amide bonds. The largest absolute Gasteiger partial charge is 0.493 e. The Kier molecular flexibility index (Phi) is 7.27. The van der Waals surface area contributed by atoms with Crippen molar-refractivity contribution in [3.63, 3.8) is 0 Å². The van der Waals surface area contributed by atoms with E-state index in [-0.39, 0.29) is 17.4 Å². The van der Waals surface area contributed by atoms with Crippen LogP contribution in [0.5, 0.6) is 5.75 Å². The van der Waals surface area contributed by atoms with Gasteiger partial charge in [0.25, 0.3) is 5.91 Å². The minimum Gasteiger partial charge on any atom is -0.493 e. The highest BCUT2D eigenvalue weighted by Gasteiger charge is 2.24. The number of carbonyl (C=O) groups is 1. The first-order chi connectivity index (χ1) is 15.5. The van der Waals surface area contributed by atoms with Crippen LogP contribution in [0.3, 0.4) is 0 Å². The number of rotatable bonds is 8. The van der Waals surface area contributed by atoms with E-state index in [1.807, 2.05) is 0 Å². The molecule has 0 aliphatic carbocycles. The number of aromatic nitrogens is 2. The van der Waals surface area contributed by atoms with Crippen molar-refractivity contribution in [2.45, 2.75) is 58.3 Å². The molecular weight excluding hydrogens is 411 g/mol. The molecule has 32 heavy (non-hydrogen) atoms. The van der Waals surface area contributed by atoms with E-state index in [0.717, 1.165) is 57.4 Å². The highest BCUT2D eigenvalue weighted by atomic mass is 19.1. The molecule has 174 valence electrons. The van der Waals surface area contributed by atoms with Crippen LogP contribution in [0.4, 0.5) is 10.4 Å². The number of hydrogen-bond acceptors (Lipinski definition) is 6. The average molecular weight is 445 g/mol. The van der Waals surface area contributed by atoms with Crippen LogP contribution in [0.15, 0.2) is 22.7 Å². The zero-order valence-corrected chi connectivity index (χ0v) is 19.1. The van der Waals surface area contributed by atoms with Gasteiger partial charge in [-0.05, 0) is 56.6 Å². The van der Waals surface area contributed by atoms with Crippen LogP contribution in [0.1, 0.15) is 74.5 Å². The zero-order chi connectivity index (χ0) is 22.5. The number of carbonyl (C=O) groups excluding carboxylic acids is 1. The average Bonchev–Trinajstić information content (AvgIpc) is 3.49. The molecule has 0 bridgehead atoms. The minimum absolute atomic E-state index is 0.132. The molecule has 0 N–H and O–H groups in total. The van der Waals surface area contributed by atoms with Gasteiger partial charge < -0.3 is 19.1 Å². The predicted octanol–water partition coefficient (Wildman–Crippen LogP) is 4.64. The number of anilines is 1. The number of likely N-dealkylation sites (tertiary alicyclic amines) is 1. The van der Waals surface area contributed by atoms with Gasteiger partial charge in [-0.2, -0.15) is 4.98 Å².